The Hall–Kier alpha value is -4.11. The number of nitriles is 1. The largest absolute Gasteiger partial charge is 0.496 e. The topological polar surface area (TPSA) is 70.9 Å². The van der Waals surface area contributed by atoms with Crippen LogP contribution < -0.4 is 14.6 Å². The minimum absolute atomic E-state index is 0.138. The lowest BCUT2D eigenvalue weighted by atomic mass is 10.1. The van der Waals surface area contributed by atoms with Crippen molar-refractivity contribution in [1.82, 2.24) is 9.88 Å². The second-order valence-corrected chi connectivity index (χ2v) is 7.70. The molecule has 0 aliphatic heterocycles. The van der Waals surface area contributed by atoms with Crippen molar-refractivity contribution in [1.29, 1.82) is 5.26 Å². The first-order valence-electron chi connectivity index (χ1n) is 10.5. The zero-order chi connectivity index (χ0) is 22.5. The van der Waals surface area contributed by atoms with E-state index in [-0.39, 0.29) is 5.91 Å². The second-order valence-electron chi connectivity index (χ2n) is 7.70. The summed E-state index contributed by atoms with van der Waals surface area (Å²) >= 11 is 0. The van der Waals surface area contributed by atoms with Gasteiger partial charge < -0.3 is 14.6 Å². The highest BCUT2D eigenvalue weighted by Crippen LogP contribution is 2.29. The summed E-state index contributed by atoms with van der Waals surface area (Å²) in [5.74, 6) is 0.583. The summed E-state index contributed by atoms with van der Waals surface area (Å²) in [5.41, 5.74) is 4.19. The van der Waals surface area contributed by atoms with Crippen LogP contribution in [0.3, 0.4) is 0 Å². The molecule has 0 aliphatic carbocycles. The summed E-state index contributed by atoms with van der Waals surface area (Å²) in [6.45, 7) is 1.01. The summed E-state index contributed by atoms with van der Waals surface area (Å²) in [4.78, 5) is 13.2. The molecular weight excluding hydrogens is 400 g/mol. The van der Waals surface area contributed by atoms with Crippen LogP contribution in [-0.4, -0.2) is 24.1 Å². The molecule has 0 saturated heterocycles. The highest BCUT2D eigenvalue weighted by Gasteiger charge is 2.18. The fraction of sp³-hybridized carbons (Fsp3) is 0.192. The number of pyridine rings is 1. The highest BCUT2D eigenvalue weighted by atomic mass is 16.5. The Kier molecular flexibility index (Phi) is 6.18. The monoisotopic (exact) mass is 425 g/mol. The summed E-state index contributed by atoms with van der Waals surface area (Å²) in [6.07, 6.45) is 4.74. The van der Waals surface area contributed by atoms with Crippen LogP contribution in [0.5, 0.6) is 5.75 Å². The number of amides is 1. The Morgan fingerprint density at radius 1 is 1.09 bits per heavy atom. The van der Waals surface area contributed by atoms with Crippen LogP contribution in [0.15, 0.2) is 73.1 Å². The van der Waals surface area contributed by atoms with Crippen molar-refractivity contribution in [2.45, 2.75) is 13.0 Å². The van der Waals surface area contributed by atoms with E-state index in [9.17, 15) is 10.1 Å². The molecule has 160 valence electrons. The highest BCUT2D eigenvalue weighted by molar-refractivity contribution is 6.00. The molecule has 2 heterocycles. The van der Waals surface area contributed by atoms with Gasteiger partial charge in [0.1, 0.15) is 18.5 Å². The van der Waals surface area contributed by atoms with Crippen molar-refractivity contribution >= 4 is 16.8 Å². The molecule has 2 aromatic carbocycles. The van der Waals surface area contributed by atoms with Gasteiger partial charge in [-0.25, -0.2) is 4.57 Å². The maximum Gasteiger partial charge on any atom is 0.267 e. The molecule has 1 N–H and O–H groups in total. The first-order chi connectivity index (χ1) is 15.6. The van der Waals surface area contributed by atoms with E-state index in [4.69, 9.17) is 4.74 Å². The molecule has 1 amide bonds. The van der Waals surface area contributed by atoms with Crippen molar-refractivity contribution < 1.29 is 14.1 Å². The third-order valence-electron chi connectivity index (χ3n) is 5.50. The molecule has 4 rings (SSSR count). The third kappa shape index (κ3) is 4.47. The number of carbonyl (C=O) groups excluding carboxylic acids is 1. The van der Waals surface area contributed by atoms with Crippen LogP contribution in [0.4, 0.5) is 0 Å². The number of methoxy groups -OCH3 is 1. The standard InChI is InChI=1S/C26H24N4O2/c1-29-13-10-19(11-14-29)9-12-28-26(31)24-16-22-23(7-4-8-25(22)32-2)30(24)18-21-6-3-5-20(15-21)17-27/h3-8,10-11,13-16H,9,12,18H2,1-2H3/p+1. The first-order valence-corrected chi connectivity index (χ1v) is 10.5. The maximum absolute atomic E-state index is 13.2. The van der Waals surface area contributed by atoms with Crippen molar-refractivity contribution in [3.8, 4) is 11.8 Å². The SMILES string of the molecule is COc1cccc2c1cc(C(=O)NCCc1cc[n+](C)cc1)n2Cc1cccc(C#N)c1. The van der Waals surface area contributed by atoms with E-state index in [2.05, 4.69) is 23.5 Å². The Morgan fingerprint density at radius 3 is 2.62 bits per heavy atom. The lowest BCUT2D eigenvalue weighted by Gasteiger charge is -2.12. The molecule has 6 nitrogen and oxygen atoms in total. The van der Waals surface area contributed by atoms with Gasteiger partial charge in [-0.3, -0.25) is 4.79 Å². The quantitative estimate of drug-likeness (QED) is 0.462. The van der Waals surface area contributed by atoms with Gasteiger partial charge in [-0.1, -0.05) is 18.2 Å². The average molecular weight is 426 g/mol. The van der Waals surface area contributed by atoms with Gasteiger partial charge in [0.25, 0.3) is 5.91 Å². The number of fused-ring (bicyclic) bond motifs is 1. The molecule has 0 spiro atoms. The minimum Gasteiger partial charge on any atom is -0.496 e. The van der Waals surface area contributed by atoms with Gasteiger partial charge in [-0.15, -0.1) is 0 Å². The molecule has 6 heteroatoms. The van der Waals surface area contributed by atoms with Crippen molar-refractivity contribution in [2.75, 3.05) is 13.7 Å². The molecule has 0 bridgehead atoms. The van der Waals surface area contributed by atoms with Gasteiger partial charge >= 0.3 is 0 Å². The Morgan fingerprint density at radius 2 is 1.88 bits per heavy atom. The molecular formula is C26H25N4O2+. The van der Waals surface area contributed by atoms with Gasteiger partial charge in [-0.2, -0.15) is 5.26 Å². The van der Waals surface area contributed by atoms with Crippen molar-refractivity contribution in [2.24, 2.45) is 7.05 Å². The van der Waals surface area contributed by atoms with E-state index in [1.54, 1.807) is 13.2 Å². The number of nitrogens with zero attached hydrogens (tertiary/aromatic N) is 3. The van der Waals surface area contributed by atoms with Crippen LogP contribution in [0.25, 0.3) is 10.9 Å². The average Bonchev–Trinajstić information content (AvgIpc) is 3.19. The molecule has 2 aromatic heterocycles. The Bertz CT molecular complexity index is 1300. The smallest absolute Gasteiger partial charge is 0.267 e. The maximum atomic E-state index is 13.2. The zero-order valence-electron chi connectivity index (χ0n) is 18.2. The Balaban J connectivity index is 1.63. The van der Waals surface area contributed by atoms with Crippen LogP contribution in [-0.2, 0) is 20.0 Å². The third-order valence-corrected chi connectivity index (χ3v) is 5.50. The number of benzene rings is 2. The fourth-order valence-electron chi connectivity index (χ4n) is 3.83. The number of hydrogen-bond acceptors (Lipinski definition) is 3. The minimum atomic E-state index is -0.138. The van der Waals surface area contributed by atoms with E-state index in [1.165, 1.54) is 5.56 Å². The number of rotatable bonds is 7. The van der Waals surface area contributed by atoms with Crippen molar-refractivity contribution in [3.05, 3.63) is 95.4 Å². The first kappa shape index (κ1) is 21.1. The van der Waals surface area contributed by atoms with Gasteiger partial charge in [0.2, 0.25) is 0 Å². The normalized spacial score (nSPS) is 10.7. The lowest BCUT2D eigenvalue weighted by Crippen LogP contribution is -2.29. The summed E-state index contributed by atoms with van der Waals surface area (Å²) in [6, 6.07) is 21.4. The number of hydrogen-bond donors (Lipinski definition) is 1. The molecule has 0 fully saturated rings. The van der Waals surface area contributed by atoms with Gasteiger partial charge in [0.15, 0.2) is 12.4 Å². The van der Waals surface area contributed by atoms with Gasteiger partial charge in [-0.05, 0) is 47.9 Å². The predicted molar refractivity (Wildman–Crippen MR) is 122 cm³/mol. The van der Waals surface area contributed by atoms with E-state index in [0.717, 1.165) is 28.6 Å². The number of nitrogens with one attached hydrogen (secondary N) is 1. The van der Waals surface area contributed by atoms with Crippen molar-refractivity contribution in [3.63, 3.8) is 0 Å². The molecule has 4 aromatic rings. The van der Waals surface area contributed by atoms with E-state index >= 15 is 0 Å². The summed E-state index contributed by atoms with van der Waals surface area (Å²) in [7, 11) is 3.60. The van der Waals surface area contributed by atoms with E-state index in [1.807, 2.05) is 71.0 Å². The predicted octanol–water partition coefficient (Wildman–Crippen LogP) is 3.37. The summed E-state index contributed by atoms with van der Waals surface area (Å²) in [5, 5.41) is 13.2. The van der Waals surface area contributed by atoms with Crippen LogP contribution in [0, 0.1) is 11.3 Å². The number of aromatic nitrogens is 2. The number of carbonyl (C=O) groups is 1. The molecule has 0 atom stereocenters. The Labute approximate surface area is 187 Å². The molecule has 0 saturated carbocycles. The van der Waals surface area contributed by atoms with Crippen LogP contribution >= 0.6 is 0 Å². The van der Waals surface area contributed by atoms with E-state index in [0.29, 0.717) is 24.3 Å². The fourth-order valence-corrected chi connectivity index (χ4v) is 3.83. The lowest BCUT2D eigenvalue weighted by molar-refractivity contribution is -0.671. The summed E-state index contributed by atoms with van der Waals surface area (Å²) < 4.78 is 9.48. The van der Waals surface area contributed by atoms with Crippen LogP contribution in [0.1, 0.15) is 27.2 Å². The molecule has 32 heavy (non-hydrogen) atoms. The second kappa shape index (κ2) is 9.36. The zero-order valence-corrected chi connectivity index (χ0v) is 18.2. The molecule has 0 aliphatic rings. The van der Waals surface area contributed by atoms with Gasteiger partial charge in [0, 0.05) is 30.6 Å². The van der Waals surface area contributed by atoms with E-state index < -0.39 is 0 Å². The molecule has 0 radical (unpaired) electrons. The van der Waals surface area contributed by atoms with Crippen LogP contribution in [0.2, 0.25) is 0 Å². The molecule has 0 unspecified atom stereocenters. The van der Waals surface area contributed by atoms with Gasteiger partial charge in [0.05, 0.1) is 24.3 Å². The number of ether oxygens (including phenoxy) is 1. The number of aryl methyl sites for hydroxylation is 1.